The minimum atomic E-state index is -0.824. The van der Waals surface area contributed by atoms with Gasteiger partial charge < -0.3 is 10.1 Å². The Balaban J connectivity index is 1.59. The number of anilines is 2. The van der Waals surface area contributed by atoms with Crippen molar-refractivity contribution >= 4 is 29.1 Å². The van der Waals surface area contributed by atoms with Crippen molar-refractivity contribution in [1.29, 1.82) is 0 Å². The topological polar surface area (TPSA) is 88.8 Å². The molecule has 1 N–H and O–H groups in total. The van der Waals surface area contributed by atoms with Crippen LogP contribution in [0.3, 0.4) is 0 Å². The van der Waals surface area contributed by atoms with Gasteiger partial charge in [-0.15, -0.1) is 0 Å². The molecule has 0 aliphatic carbocycles. The van der Waals surface area contributed by atoms with E-state index < -0.39 is 29.6 Å². The lowest BCUT2D eigenvalue weighted by Crippen LogP contribution is -2.39. The molecule has 0 saturated heterocycles. The van der Waals surface area contributed by atoms with Gasteiger partial charge in [0, 0.05) is 17.5 Å². The second kappa shape index (κ2) is 9.82. The number of hydrogen-bond donors (Lipinski definition) is 1. The molecule has 0 saturated carbocycles. The van der Waals surface area contributed by atoms with Crippen molar-refractivity contribution in [1.82, 2.24) is 9.78 Å². The van der Waals surface area contributed by atoms with Gasteiger partial charge in [0.05, 0.1) is 25.0 Å². The smallest absolute Gasteiger partial charge is 0.354 e. The average molecular weight is 467 g/mol. The molecule has 0 radical (unpaired) electrons. The van der Waals surface area contributed by atoms with E-state index in [4.69, 9.17) is 4.74 Å². The summed E-state index contributed by atoms with van der Waals surface area (Å²) in [5, 5.41) is 12.8. The van der Waals surface area contributed by atoms with Gasteiger partial charge >= 0.3 is 5.97 Å². The van der Waals surface area contributed by atoms with Gasteiger partial charge in [-0.25, -0.2) is 18.3 Å². The predicted octanol–water partition coefficient (Wildman–Crippen LogP) is 3.65. The summed E-state index contributed by atoms with van der Waals surface area (Å²) < 4.78 is 34.2. The molecule has 0 fully saturated rings. The van der Waals surface area contributed by atoms with Crippen LogP contribution in [0, 0.1) is 18.6 Å². The Morgan fingerprint density at radius 3 is 2.68 bits per heavy atom. The molecular formula is C24H23F2N5O3. The van der Waals surface area contributed by atoms with Crippen molar-refractivity contribution in [3.63, 3.8) is 0 Å². The molecule has 8 nitrogen and oxygen atoms in total. The fraction of sp³-hybridized carbons (Fsp3) is 0.250. The van der Waals surface area contributed by atoms with Crippen LogP contribution in [0.15, 0.2) is 59.8 Å². The van der Waals surface area contributed by atoms with Gasteiger partial charge in [0.1, 0.15) is 29.2 Å². The first-order valence-electron chi connectivity index (χ1n) is 10.7. The molecule has 3 aromatic rings. The molecule has 1 amide bonds. The summed E-state index contributed by atoms with van der Waals surface area (Å²) in [6.45, 7) is 3.54. The number of carbonyl (C=O) groups is 2. The van der Waals surface area contributed by atoms with E-state index >= 15 is 0 Å². The monoisotopic (exact) mass is 467 g/mol. The Bertz CT molecular complexity index is 1240. The Kier molecular flexibility index (Phi) is 6.67. The normalized spacial score (nSPS) is 15.2. The number of carbonyl (C=O) groups excluding carboxylic acids is 2. The first-order chi connectivity index (χ1) is 16.4. The van der Waals surface area contributed by atoms with Gasteiger partial charge in [-0.2, -0.15) is 10.2 Å². The summed E-state index contributed by atoms with van der Waals surface area (Å²) in [7, 11) is 0. The summed E-state index contributed by atoms with van der Waals surface area (Å²) in [5.74, 6) is -1.83. The molecule has 4 rings (SSSR count). The molecular weight excluding hydrogens is 444 g/mol. The van der Waals surface area contributed by atoms with Gasteiger partial charge in [-0.1, -0.05) is 18.2 Å². The van der Waals surface area contributed by atoms with Crippen LogP contribution >= 0.6 is 0 Å². The van der Waals surface area contributed by atoms with Crippen molar-refractivity contribution in [3.8, 4) is 0 Å². The number of para-hydroxylation sites is 1. The highest BCUT2D eigenvalue weighted by Gasteiger charge is 2.37. The number of halogens is 2. The number of hydrogen-bond acceptors (Lipinski definition) is 6. The number of benzene rings is 2. The van der Waals surface area contributed by atoms with E-state index in [2.05, 4.69) is 15.5 Å². The number of rotatable bonds is 7. The Labute approximate surface area is 194 Å². The molecule has 34 heavy (non-hydrogen) atoms. The van der Waals surface area contributed by atoms with E-state index in [-0.39, 0.29) is 30.8 Å². The highest BCUT2D eigenvalue weighted by molar-refractivity contribution is 6.38. The fourth-order valence-corrected chi connectivity index (χ4v) is 3.66. The number of aryl methyl sites for hydroxylation is 1. The molecule has 1 aromatic heterocycles. The van der Waals surface area contributed by atoms with Gasteiger partial charge in [-0.3, -0.25) is 9.80 Å². The molecule has 1 aliphatic heterocycles. The highest BCUT2D eigenvalue weighted by Crippen LogP contribution is 2.27. The lowest BCUT2D eigenvalue weighted by molar-refractivity contribution is -0.135. The first-order valence-corrected chi connectivity index (χ1v) is 10.7. The maximum Gasteiger partial charge on any atom is 0.354 e. The summed E-state index contributed by atoms with van der Waals surface area (Å²) in [4.78, 5) is 25.6. The number of nitrogens with one attached hydrogen (secondary N) is 1. The SMILES string of the molecule is CCOC(=O)C1=NN(c2ccccc2)C(C(=O)Nc2c(C)cnn2Cc2cc(F)ccc2F)C1. The van der Waals surface area contributed by atoms with E-state index in [0.717, 1.165) is 18.2 Å². The van der Waals surface area contributed by atoms with E-state index in [0.29, 0.717) is 17.1 Å². The highest BCUT2D eigenvalue weighted by atomic mass is 19.1. The largest absolute Gasteiger partial charge is 0.461 e. The number of amides is 1. The number of nitrogens with zero attached hydrogens (tertiary/aromatic N) is 4. The van der Waals surface area contributed by atoms with E-state index in [1.54, 1.807) is 38.1 Å². The second-order valence-electron chi connectivity index (χ2n) is 7.73. The van der Waals surface area contributed by atoms with Gasteiger partial charge in [0.15, 0.2) is 0 Å². The summed E-state index contributed by atoms with van der Waals surface area (Å²) in [6.07, 6.45) is 1.57. The van der Waals surface area contributed by atoms with Gasteiger partial charge in [-0.05, 0) is 44.2 Å². The van der Waals surface area contributed by atoms with Crippen LogP contribution in [0.2, 0.25) is 0 Å². The molecule has 0 bridgehead atoms. The zero-order chi connectivity index (χ0) is 24.2. The molecule has 0 spiro atoms. The van der Waals surface area contributed by atoms with Crippen LogP contribution in [-0.2, 0) is 20.9 Å². The van der Waals surface area contributed by atoms with Crippen molar-refractivity contribution < 1.29 is 23.1 Å². The van der Waals surface area contributed by atoms with Gasteiger partial charge in [0.25, 0.3) is 5.91 Å². The zero-order valence-corrected chi connectivity index (χ0v) is 18.7. The summed E-state index contributed by atoms with van der Waals surface area (Å²) >= 11 is 0. The van der Waals surface area contributed by atoms with Crippen molar-refractivity contribution in [2.75, 3.05) is 16.9 Å². The molecule has 1 atom stereocenters. The molecule has 1 aliphatic rings. The van der Waals surface area contributed by atoms with Crippen LogP contribution in [0.25, 0.3) is 0 Å². The lowest BCUT2D eigenvalue weighted by atomic mass is 10.1. The van der Waals surface area contributed by atoms with E-state index in [1.807, 2.05) is 6.07 Å². The Morgan fingerprint density at radius 1 is 1.18 bits per heavy atom. The number of aromatic nitrogens is 2. The standard InChI is InChI=1S/C24H23F2N5O3/c1-3-34-24(33)20-12-21(31(29-20)18-7-5-4-6-8-18)23(32)28-22-15(2)13-27-30(22)14-16-11-17(25)9-10-19(16)26/h4-11,13,21H,3,12,14H2,1-2H3,(H,28,32). The summed E-state index contributed by atoms with van der Waals surface area (Å²) in [5.41, 5.74) is 1.51. The number of ether oxygens (including phenoxy) is 1. The van der Waals surface area contributed by atoms with Crippen LogP contribution in [-0.4, -0.2) is 40.0 Å². The third-order valence-corrected chi connectivity index (χ3v) is 5.34. The predicted molar refractivity (Wildman–Crippen MR) is 122 cm³/mol. The van der Waals surface area contributed by atoms with E-state index in [9.17, 15) is 18.4 Å². The van der Waals surface area contributed by atoms with Crippen molar-refractivity contribution in [2.45, 2.75) is 32.9 Å². The third-order valence-electron chi connectivity index (χ3n) is 5.34. The number of esters is 1. The zero-order valence-electron chi connectivity index (χ0n) is 18.7. The average Bonchev–Trinajstić information content (AvgIpc) is 3.42. The molecule has 2 aromatic carbocycles. The van der Waals surface area contributed by atoms with Crippen LogP contribution in [0.4, 0.5) is 20.3 Å². The second-order valence-corrected chi connectivity index (χ2v) is 7.73. The fourth-order valence-electron chi connectivity index (χ4n) is 3.66. The minimum Gasteiger partial charge on any atom is -0.461 e. The molecule has 2 heterocycles. The molecule has 1 unspecified atom stereocenters. The van der Waals surface area contributed by atoms with Crippen molar-refractivity contribution in [2.24, 2.45) is 5.10 Å². The summed E-state index contributed by atoms with van der Waals surface area (Å²) in [6, 6.07) is 11.3. The maximum absolute atomic E-state index is 14.2. The molecule has 176 valence electrons. The Hall–Kier alpha value is -4.08. The Morgan fingerprint density at radius 2 is 1.94 bits per heavy atom. The first kappa shape index (κ1) is 23.1. The van der Waals surface area contributed by atoms with Crippen molar-refractivity contribution in [3.05, 3.63) is 77.5 Å². The number of hydrazone groups is 1. The van der Waals surface area contributed by atoms with E-state index in [1.165, 1.54) is 15.9 Å². The van der Waals surface area contributed by atoms with Gasteiger partial charge in [0.2, 0.25) is 0 Å². The third kappa shape index (κ3) is 4.80. The maximum atomic E-state index is 14.2. The minimum absolute atomic E-state index is 0.0469. The molecule has 10 heteroatoms. The lowest BCUT2D eigenvalue weighted by Gasteiger charge is -2.23. The van der Waals surface area contributed by atoms with Crippen LogP contribution < -0.4 is 10.3 Å². The van der Waals surface area contributed by atoms with Crippen LogP contribution in [0.1, 0.15) is 24.5 Å². The van der Waals surface area contributed by atoms with Crippen LogP contribution in [0.5, 0.6) is 0 Å². The quantitative estimate of drug-likeness (QED) is 0.536.